The van der Waals surface area contributed by atoms with E-state index in [1.807, 2.05) is 13.0 Å². The van der Waals surface area contributed by atoms with E-state index in [1.54, 1.807) is 25.4 Å². The Morgan fingerprint density at radius 1 is 1.32 bits per heavy atom. The Balaban J connectivity index is 2.13. The van der Waals surface area contributed by atoms with E-state index in [9.17, 15) is 4.39 Å². The van der Waals surface area contributed by atoms with Crippen molar-refractivity contribution in [1.29, 1.82) is 0 Å². The number of hydrogen-bond donors (Lipinski definition) is 1. The molecule has 0 radical (unpaired) electrons. The summed E-state index contributed by atoms with van der Waals surface area (Å²) in [5, 5.41) is 3.65. The third-order valence-electron chi connectivity index (χ3n) is 2.76. The van der Waals surface area contributed by atoms with E-state index in [-0.39, 0.29) is 11.9 Å². The number of rotatable bonds is 4. The maximum atomic E-state index is 13.0. The molecule has 100 valence electrons. The molecule has 0 aliphatic rings. The zero-order chi connectivity index (χ0) is 13.8. The minimum Gasteiger partial charge on any atom is -0.481 e. The van der Waals surface area contributed by atoms with Gasteiger partial charge in [0.2, 0.25) is 5.88 Å². The molecule has 1 heterocycles. The van der Waals surface area contributed by atoms with Gasteiger partial charge in [0.25, 0.3) is 0 Å². The molecule has 1 atom stereocenters. The van der Waals surface area contributed by atoms with Crippen LogP contribution in [0.15, 0.2) is 36.5 Å². The van der Waals surface area contributed by atoms with E-state index < -0.39 is 0 Å². The van der Waals surface area contributed by atoms with E-state index in [0.717, 1.165) is 11.3 Å². The Hall–Kier alpha value is -1.81. The zero-order valence-electron chi connectivity index (χ0n) is 10.7. The van der Waals surface area contributed by atoms with Crippen LogP contribution < -0.4 is 10.1 Å². The third kappa shape index (κ3) is 3.35. The van der Waals surface area contributed by atoms with Crippen molar-refractivity contribution in [3.8, 4) is 5.88 Å². The van der Waals surface area contributed by atoms with Gasteiger partial charge >= 0.3 is 0 Å². The molecule has 0 saturated heterocycles. The molecular formula is C14H14ClFN2O. The Labute approximate surface area is 116 Å². The van der Waals surface area contributed by atoms with E-state index in [4.69, 9.17) is 16.3 Å². The topological polar surface area (TPSA) is 34.1 Å². The van der Waals surface area contributed by atoms with Gasteiger partial charge in [-0.15, -0.1) is 0 Å². The van der Waals surface area contributed by atoms with Crippen LogP contribution in [0.3, 0.4) is 0 Å². The summed E-state index contributed by atoms with van der Waals surface area (Å²) in [4.78, 5) is 4.10. The van der Waals surface area contributed by atoms with Gasteiger partial charge in [0.05, 0.1) is 25.0 Å². The summed E-state index contributed by atoms with van der Waals surface area (Å²) in [7, 11) is 1.57. The second-order valence-corrected chi connectivity index (χ2v) is 4.53. The minimum absolute atomic E-state index is 0.0525. The molecule has 0 saturated carbocycles. The second-order valence-electron chi connectivity index (χ2n) is 4.12. The number of hydrogen-bond acceptors (Lipinski definition) is 3. The van der Waals surface area contributed by atoms with Crippen LogP contribution in [0.5, 0.6) is 5.88 Å². The van der Waals surface area contributed by atoms with E-state index >= 15 is 0 Å². The van der Waals surface area contributed by atoms with Gasteiger partial charge in [-0.05, 0) is 30.7 Å². The smallest absolute Gasteiger partial charge is 0.213 e. The van der Waals surface area contributed by atoms with Gasteiger partial charge in [-0.2, -0.15) is 0 Å². The first-order valence-electron chi connectivity index (χ1n) is 5.81. The number of aromatic nitrogens is 1. The standard InChI is InChI=1S/C14H14ClFN2O/c1-9(12-5-3-10(16)7-13(12)15)18-11-4-6-14(19-2)17-8-11/h3-9,18H,1-2H3. The number of nitrogens with one attached hydrogen (secondary N) is 1. The van der Waals surface area contributed by atoms with E-state index in [0.29, 0.717) is 10.9 Å². The fourth-order valence-corrected chi connectivity index (χ4v) is 2.10. The number of benzene rings is 1. The summed E-state index contributed by atoms with van der Waals surface area (Å²) >= 11 is 6.02. The summed E-state index contributed by atoms with van der Waals surface area (Å²) < 4.78 is 18.0. The Morgan fingerprint density at radius 3 is 2.68 bits per heavy atom. The molecule has 1 N–H and O–H groups in total. The summed E-state index contributed by atoms with van der Waals surface area (Å²) in [6.07, 6.45) is 1.67. The maximum Gasteiger partial charge on any atom is 0.213 e. The van der Waals surface area contributed by atoms with Crippen molar-refractivity contribution in [3.63, 3.8) is 0 Å². The highest BCUT2D eigenvalue weighted by Crippen LogP contribution is 2.26. The van der Waals surface area contributed by atoms with Gasteiger partial charge < -0.3 is 10.1 Å². The molecule has 19 heavy (non-hydrogen) atoms. The SMILES string of the molecule is COc1ccc(NC(C)c2ccc(F)cc2Cl)cn1. The van der Waals surface area contributed by atoms with Crippen molar-refractivity contribution in [1.82, 2.24) is 4.98 Å². The van der Waals surface area contributed by atoms with Crippen molar-refractivity contribution >= 4 is 17.3 Å². The lowest BCUT2D eigenvalue weighted by atomic mass is 10.1. The fourth-order valence-electron chi connectivity index (χ4n) is 1.77. The lowest BCUT2D eigenvalue weighted by Gasteiger charge is -2.17. The number of halogens is 2. The minimum atomic E-state index is -0.341. The number of pyridine rings is 1. The molecule has 0 fully saturated rings. The van der Waals surface area contributed by atoms with Crippen molar-refractivity contribution in [2.24, 2.45) is 0 Å². The van der Waals surface area contributed by atoms with Crippen LogP contribution in [0.25, 0.3) is 0 Å². The fraction of sp³-hybridized carbons (Fsp3) is 0.214. The number of nitrogens with zero attached hydrogens (tertiary/aromatic N) is 1. The first kappa shape index (κ1) is 13.6. The molecule has 0 spiro atoms. The highest BCUT2D eigenvalue weighted by Gasteiger charge is 2.10. The molecule has 1 aromatic heterocycles. The molecule has 0 aliphatic heterocycles. The molecule has 2 rings (SSSR count). The molecule has 1 aromatic carbocycles. The third-order valence-corrected chi connectivity index (χ3v) is 3.08. The maximum absolute atomic E-state index is 13.0. The van der Waals surface area contributed by atoms with Crippen LogP contribution in [-0.4, -0.2) is 12.1 Å². The van der Waals surface area contributed by atoms with Crippen LogP contribution in [0, 0.1) is 5.82 Å². The van der Waals surface area contributed by atoms with Crippen LogP contribution >= 0.6 is 11.6 Å². The quantitative estimate of drug-likeness (QED) is 0.917. The van der Waals surface area contributed by atoms with Crippen LogP contribution in [0.1, 0.15) is 18.5 Å². The van der Waals surface area contributed by atoms with Crippen molar-refractivity contribution in [2.75, 3.05) is 12.4 Å². The highest BCUT2D eigenvalue weighted by molar-refractivity contribution is 6.31. The first-order valence-corrected chi connectivity index (χ1v) is 6.19. The van der Waals surface area contributed by atoms with Gasteiger partial charge in [0.1, 0.15) is 5.82 Å². The van der Waals surface area contributed by atoms with Gasteiger partial charge in [0.15, 0.2) is 0 Å². The molecule has 5 heteroatoms. The molecule has 0 amide bonds. The molecular weight excluding hydrogens is 267 g/mol. The molecule has 0 aliphatic carbocycles. The highest BCUT2D eigenvalue weighted by atomic mass is 35.5. The average molecular weight is 281 g/mol. The average Bonchev–Trinajstić information content (AvgIpc) is 2.39. The van der Waals surface area contributed by atoms with Gasteiger partial charge in [0, 0.05) is 11.1 Å². The summed E-state index contributed by atoms with van der Waals surface area (Å²) in [5.41, 5.74) is 1.67. The van der Waals surface area contributed by atoms with Crippen molar-refractivity contribution in [3.05, 3.63) is 52.9 Å². The molecule has 2 aromatic rings. The Morgan fingerprint density at radius 2 is 2.11 bits per heavy atom. The Bertz CT molecular complexity index is 560. The van der Waals surface area contributed by atoms with Gasteiger partial charge in [-0.25, -0.2) is 9.37 Å². The van der Waals surface area contributed by atoms with Crippen molar-refractivity contribution < 1.29 is 9.13 Å². The molecule has 0 bridgehead atoms. The lowest BCUT2D eigenvalue weighted by molar-refractivity contribution is 0.398. The number of ether oxygens (including phenoxy) is 1. The van der Waals surface area contributed by atoms with Crippen LogP contribution in [-0.2, 0) is 0 Å². The van der Waals surface area contributed by atoms with Crippen molar-refractivity contribution in [2.45, 2.75) is 13.0 Å². The van der Waals surface area contributed by atoms with E-state index in [2.05, 4.69) is 10.3 Å². The summed E-state index contributed by atoms with van der Waals surface area (Å²) in [6, 6.07) is 7.95. The first-order chi connectivity index (χ1) is 9.10. The van der Waals surface area contributed by atoms with E-state index in [1.165, 1.54) is 12.1 Å². The van der Waals surface area contributed by atoms with Gasteiger partial charge in [-0.3, -0.25) is 0 Å². The Kier molecular flexibility index (Phi) is 4.22. The number of methoxy groups -OCH3 is 1. The molecule has 1 unspecified atom stereocenters. The normalized spacial score (nSPS) is 12.0. The summed E-state index contributed by atoms with van der Waals surface area (Å²) in [6.45, 7) is 1.95. The van der Waals surface area contributed by atoms with Crippen LogP contribution in [0.2, 0.25) is 5.02 Å². The molecule has 3 nitrogen and oxygen atoms in total. The predicted octanol–water partition coefficient (Wildman–Crippen LogP) is 4.06. The largest absolute Gasteiger partial charge is 0.481 e. The number of anilines is 1. The van der Waals surface area contributed by atoms with Crippen LogP contribution in [0.4, 0.5) is 10.1 Å². The lowest BCUT2D eigenvalue weighted by Crippen LogP contribution is -2.07. The predicted molar refractivity (Wildman–Crippen MR) is 74.2 cm³/mol. The van der Waals surface area contributed by atoms with Gasteiger partial charge in [-0.1, -0.05) is 17.7 Å². The summed E-state index contributed by atoms with van der Waals surface area (Å²) in [5.74, 6) is 0.213. The zero-order valence-corrected chi connectivity index (χ0v) is 11.4. The monoisotopic (exact) mass is 280 g/mol. The second kappa shape index (κ2) is 5.89.